The van der Waals surface area contributed by atoms with Crippen LogP contribution in [0.1, 0.15) is 16.7 Å². The molecule has 3 rings (SSSR count). The number of benzene rings is 2. The number of nitrogens with zero attached hydrogens (tertiary/aromatic N) is 2. The van der Waals surface area contributed by atoms with Crippen molar-refractivity contribution < 1.29 is 15.0 Å². The molecule has 0 saturated carbocycles. The molecule has 0 bridgehead atoms. The van der Waals surface area contributed by atoms with Gasteiger partial charge in [0.1, 0.15) is 11.5 Å². The number of phenolic OH excluding ortho intramolecular Hbond substituents is 2. The predicted octanol–water partition coefficient (Wildman–Crippen LogP) is 3.50. The van der Waals surface area contributed by atoms with E-state index in [1.165, 1.54) is 0 Å². The quantitative estimate of drug-likeness (QED) is 0.533. The number of carbonyl (C=O) groups excluding carboxylic acids is 1. The number of amides is 1. The maximum absolute atomic E-state index is 11.1. The van der Waals surface area contributed by atoms with Gasteiger partial charge in [-0.3, -0.25) is 9.69 Å². The Morgan fingerprint density at radius 1 is 0.897 bits per heavy atom. The Kier molecular flexibility index (Phi) is 6.73. The van der Waals surface area contributed by atoms with Crippen LogP contribution in [-0.2, 0) is 24.2 Å². The number of allylic oxidation sites excluding steroid dienone is 2. The van der Waals surface area contributed by atoms with Gasteiger partial charge in [-0.25, -0.2) is 0 Å². The average molecular weight is 392 g/mol. The fraction of sp³-hybridized carbons (Fsp3) is 0.292. The average Bonchev–Trinajstić information content (AvgIpc) is 2.73. The van der Waals surface area contributed by atoms with Crippen molar-refractivity contribution in [2.45, 2.75) is 19.4 Å². The summed E-state index contributed by atoms with van der Waals surface area (Å²) in [5.74, 6) is 0.316. The molecule has 5 heteroatoms. The molecule has 0 aliphatic carbocycles. The Hall–Kier alpha value is -3.05. The Morgan fingerprint density at radius 2 is 1.55 bits per heavy atom. The summed E-state index contributed by atoms with van der Waals surface area (Å²) in [6.45, 7) is 11.1. The maximum atomic E-state index is 11.1. The number of phenols is 2. The predicted molar refractivity (Wildman–Crippen MR) is 116 cm³/mol. The molecule has 1 saturated heterocycles. The molecule has 1 aliphatic heterocycles. The van der Waals surface area contributed by atoms with Gasteiger partial charge in [0, 0.05) is 49.4 Å². The van der Waals surface area contributed by atoms with Crippen molar-refractivity contribution in [1.82, 2.24) is 9.80 Å². The van der Waals surface area contributed by atoms with E-state index in [1.807, 2.05) is 36.4 Å². The third-order valence-corrected chi connectivity index (χ3v) is 5.31. The van der Waals surface area contributed by atoms with Crippen LogP contribution in [-0.4, -0.2) is 52.6 Å². The fourth-order valence-corrected chi connectivity index (χ4v) is 3.73. The van der Waals surface area contributed by atoms with Crippen molar-refractivity contribution in [3.05, 3.63) is 72.3 Å². The van der Waals surface area contributed by atoms with Gasteiger partial charge in [0.05, 0.1) is 0 Å². The van der Waals surface area contributed by atoms with Crippen molar-refractivity contribution in [3.63, 3.8) is 0 Å². The first-order valence-electron chi connectivity index (χ1n) is 9.86. The number of hydrogen-bond donors (Lipinski definition) is 2. The lowest BCUT2D eigenvalue weighted by Gasteiger charge is -2.32. The highest BCUT2D eigenvalue weighted by molar-refractivity contribution is 5.78. The minimum atomic E-state index is 0.134. The second-order valence-corrected chi connectivity index (χ2v) is 7.41. The van der Waals surface area contributed by atoms with E-state index in [4.69, 9.17) is 0 Å². The summed E-state index contributed by atoms with van der Waals surface area (Å²) in [5, 5.41) is 21.5. The van der Waals surface area contributed by atoms with Crippen LogP contribution in [0.4, 0.5) is 0 Å². The molecule has 152 valence electrons. The molecule has 2 aromatic rings. The first-order valence-corrected chi connectivity index (χ1v) is 9.86. The summed E-state index contributed by atoms with van der Waals surface area (Å²) in [5.41, 5.74) is 4.09. The van der Waals surface area contributed by atoms with E-state index >= 15 is 0 Å². The first kappa shape index (κ1) is 20.7. The smallest absolute Gasteiger partial charge is 0.209 e. The summed E-state index contributed by atoms with van der Waals surface area (Å²) in [7, 11) is 0. The largest absolute Gasteiger partial charge is 0.507 e. The van der Waals surface area contributed by atoms with Gasteiger partial charge < -0.3 is 15.1 Å². The van der Waals surface area contributed by atoms with Crippen molar-refractivity contribution in [1.29, 1.82) is 0 Å². The standard InChI is InChI=1S/C24H28N2O3/c1-3-5-18-7-8-23(28)21(14-18)22-15-19(6-4-2)13-20(24(22)29)16-25-9-11-26(17-27)12-10-25/h3-4,7-8,13-15,17,28-29H,1-2,5-6,9-12,16H2. The molecule has 2 N–H and O–H groups in total. The van der Waals surface area contributed by atoms with Crippen LogP contribution in [0.15, 0.2) is 55.6 Å². The molecule has 0 aromatic heterocycles. The number of rotatable bonds is 8. The van der Waals surface area contributed by atoms with E-state index in [2.05, 4.69) is 18.1 Å². The highest BCUT2D eigenvalue weighted by Gasteiger charge is 2.20. The monoisotopic (exact) mass is 392 g/mol. The molecule has 0 unspecified atom stereocenters. The third kappa shape index (κ3) is 4.87. The van der Waals surface area contributed by atoms with Gasteiger partial charge in [0.2, 0.25) is 6.41 Å². The molecule has 1 aliphatic rings. The van der Waals surface area contributed by atoms with E-state index in [1.54, 1.807) is 11.0 Å². The lowest BCUT2D eigenvalue weighted by Crippen LogP contribution is -2.45. The zero-order valence-electron chi connectivity index (χ0n) is 16.7. The molecular formula is C24H28N2O3. The van der Waals surface area contributed by atoms with Crippen LogP contribution < -0.4 is 0 Å². The topological polar surface area (TPSA) is 64.0 Å². The summed E-state index contributed by atoms with van der Waals surface area (Å²) in [6, 6.07) is 9.33. The number of carbonyl (C=O) groups is 1. The highest BCUT2D eigenvalue weighted by Crippen LogP contribution is 2.39. The summed E-state index contributed by atoms with van der Waals surface area (Å²) >= 11 is 0. The van der Waals surface area contributed by atoms with Gasteiger partial charge >= 0.3 is 0 Å². The number of hydrogen-bond acceptors (Lipinski definition) is 4. The molecule has 1 heterocycles. The van der Waals surface area contributed by atoms with Gasteiger partial charge in [-0.15, -0.1) is 13.2 Å². The van der Waals surface area contributed by atoms with Crippen molar-refractivity contribution in [3.8, 4) is 22.6 Å². The zero-order valence-corrected chi connectivity index (χ0v) is 16.7. The van der Waals surface area contributed by atoms with Crippen LogP contribution in [0.2, 0.25) is 0 Å². The van der Waals surface area contributed by atoms with Gasteiger partial charge in [0.25, 0.3) is 0 Å². The minimum Gasteiger partial charge on any atom is -0.507 e. The van der Waals surface area contributed by atoms with E-state index in [0.29, 0.717) is 43.6 Å². The van der Waals surface area contributed by atoms with E-state index in [9.17, 15) is 15.0 Å². The van der Waals surface area contributed by atoms with Crippen LogP contribution in [0.25, 0.3) is 11.1 Å². The molecule has 5 nitrogen and oxygen atoms in total. The van der Waals surface area contributed by atoms with Crippen LogP contribution in [0.5, 0.6) is 11.5 Å². The second-order valence-electron chi connectivity index (χ2n) is 7.41. The maximum Gasteiger partial charge on any atom is 0.209 e. The zero-order chi connectivity index (χ0) is 20.8. The van der Waals surface area contributed by atoms with Crippen LogP contribution in [0, 0.1) is 0 Å². The van der Waals surface area contributed by atoms with Gasteiger partial charge in [-0.1, -0.05) is 24.3 Å². The van der Waals surface area contributed by atoms with E-state index in [-0.39, 0.29) is 11.5 Å². The van der Waals surface area contributed by atoms with Crippen molar-refractivity contribution >= 4 is 6.41 Å². The summed E-state index contributed by atoms with van der Waals surface area (Å²) in [4.78, 5) is 14.9. The van der Waals surface area contributed by atoms with Gasteiger partial charge in [-0.05, 0) is 42.2 Å². The van der Waals surface area contributed by atoms with Gasteiger partial charge in [-0.2, -0.15) is 0 Å². The Bertz CT molecular complexity index is 899. The fourth-order valence-electron chi connectivity index (χ4n) is 3.73. The second kappa shape index (κ2) is 9.43. The molecule has 0 spiro atoms. The van der Waals surface area contributed by atoms with E-state index in [0.717, 1.165) is 36.2 Å². The van der Waals surface area contributed by atoms with Crippen molar-refractivity contribution in [2.24, 2.45) is 0 Å². The highest BCUT2D eigenvalue weighted by atomic mass is 16.3. The summed E-state index contributed by atoms with van der Waals surface area (Å²) < 4.78 is 0. The van der Waals surface area contributed by atoms with Crippen LogP contribution >= 0.6 is 0 Å². The third-order valence-electron chi connectivity index (χ3n) is 5.31. The molecule has 29 heavy (non-hydrogen) atoms. The SMILES string of the molecule is C=CCc1ccc(O)c(-c2cc(CC=C)cc(CN3CCN(C=O)CC3)c2O)c1. The lowest BCUT2D eigenvalue weighted by molar-refractivity contribution is -0.119. The Labute approximate surface area is 172 Å². The molecule has 0 radical (unpaired) electrons. The van der Waals surface area contributed by atoms with E-state index < -0.39 is 0 Å². The lowest BCUT2D eigenvalue weighted by atomic mass is 9.94. The molecule has 2 aromatic carbocycles. The number of piperazine rings is 1. The van der Waals surface area contributed by atoms with Crippen molar-refractivity contribution in [2.75, 3.05) is 26.2 Å². The summed E-state index contributed by atoms with van der Waals surface area (Å²) in [6.07, 6.45) is 5.89. The molecule has 1 amide bonds. The Morgan fingerprint density at radius 3 is 2.21 bits per heavy atom. The number of aromatic hydroxyl groups is 2. The molecule has 0 atom stereocenters. The molecular weight excluding hydrogens is 364 g/mol. The molecule has 1 fully saturated rings. The normalized spacial score (nSPS) is 14.6. The minimum absolute atomic E-state index is 0.134. The first-order chi connectivity index (χ1) is 14.0. The Balaban J connectivity index is 1.97. The van der Waals surface area contributed by atoms with Crippen LogP contribution in [0.3, 0.4) is 0 Å². The van der Waals surface area contributed by atoms with Gasteiger partial charge in [0.15, 0.2) is 0 Å².